The molecular weight excluding hydrogens is 283 g/mol. The highest BCUT2D eigenvalue weighted by Crippen LogP contribution is 2.22. The van der Waals surface area contributed by atoms with Crippen molar-refractivity contribution in [2.45, 2.75) is 12.6 Å². The number of hydrogen-bond acceptors (Lipinski definition) is 2. The smallest absolute Gasteiger partial charge is 0.383 e. The van der Waals surface area contributed by atoms with Gasteiger partial charge in [0.1, 0.15) is 17.3 Å². The lowest BCUT2D eigenvalue weighted by molar-refractivity contribution is -0.136. The van der Waals surface area contributed by atoms with E-state index in [1.807, 2.05) is 0 Å². The highest BCUT2D eigenvalue weighted by Gasteiger charge is 2.28. The summed E-state index contributed by atoms with van der Waals surface area (Å²) in [4.78, 5) is 12.5. The Morgan fingerprint density at radius 2 is 1.75 bits per heavy atom. The molecule has 0 aliphatic rings. The molecule has 0 unspecified atom stereocenters. The van der Waals surface area contributed by atoms with E-state index in [0.717, 1.165) is 24.1 Å². The number of hydrogen-bond donors (Lipinski definition) is 1. The fourth-order valence-corrected chi connectivity index (χ4v) is 1.55. The van der Waals surface area contributed by atoms with E-state index in [1.165, 1.54) is 7.05 Å². The summed E-state index contributed by atoms with van der Waals surface area (Å²) in [7, 11) is 2.44. The Morgan fingerprint density at radius 3 is 2.15 bits per heavy atom. The van der Waals surface area contributed by atoms with Crippen LogP contribution in [0.4, 0.5) is 27.6 Å². The van der Waals surface area contributed by atoms with E-state index >= 15 is 0 Å². The van der Waals surface area contributed by atoms with E-state index in [4.69, 9.17) is 0 Å². The quantitative estimate of drug-likeness (QED) is 0.866. The first-order chi connectivity index (χ1) is 9.15. The van der Waals surface area contributed by atoms with Gasteiger partial charge in [0, 0.05) is 26.2 Å². The van der Waals surface area contributed by atoms with Crippen molar-refractivity contribution >= 4 is 11.6 Å². The number of rotatable bonds is 4. The van der Waals surface area contributed by atoms with Crippen LogP contribution in [0.5, 0.6) is 0 Å². The van der Waals surface area contributed by atoms with Gasteiger partial charge in [-0.2, -0.15) is 13.2 Å². The van der Waals surface area contributed by atoms with Gasteiger partial charge in [0.15, 0.2) is 0 Å². The summed E-state index contributed by atoms with van der Waals surface area (Å²) in [6.07, 6.45) is -5.59. The standard InChI is InChI=1S/C12H13F5N2O/c1-18-10-8(13)5-7(6-9(10)14)11(20)19(2)4-3-12(15,16)17/h5-6,18H,3-4H2,1-2H3. The van der Waals surface area contributed by atoms with Crippen molar-refractivity contribution in [3.63, 3.8) is 0 Å². The van der Waals surface area contributed by atoms with Crippen molar-refractivity contribution in [3.8, 4) is 0 Å². The fraction of sp³-hybridized carbons (Fsp3) is 0.417. The summed E-state index contributed by atoms with van der Waals surface area (Å²) in [6.45, 7) is -0.584. The molecule has 1 N–H and O–H groups in total. The fourth-order valence-electron chi connectivity index (χ4n) is 1.55. The first-order valence-electron chi connectivity index (χ1n) is 5.64. The minimum atomic E-state index is -4.40. The maximum absolute atomic E-state index is 13.5. The number of alkyl halides is 3. The Morgan fingerprint density at radius 1 is 1.25 bits per heavy atom. The van der Waals surface area contributed by atoms with Gasteiger partial charge in [-0.15, -0.1) is 0 Å². The minimum absolute atomic E-state index is 0.344. The number of carbonyl (C=O) groups excluding carboxylic acids is 1. The number of amides is 1. The molecule has 112 valence electrons. The van der Waals surface area contributed by atoms with E-state index in [0.29, 0.717) is 0 Å². The van der Waals surface area contributed by atoms with Gasteiger partial charge < -0.3 is 10.2 Å². The van der Waals surface area contributed by atoms with Crippen molar-refractivity contribution in [2.24, 2.45) is 0 Å². The summed E-state index contributed by atoms with van der Waals surface area (Å²) in [5, 5.41) is 2.28. The first kappa shape index (κ1) is 16.2. The maximum Gasteiger partial charge on any atom is 0.390 e. The highest BCUT2D eigenvalue weighted by molar-refractivity contribution is 5.94. The molecule has 0 spiro atoms. The monoisotopic (exact) mass is 296 g/mol. The molecule has 8 heteroatoms. The Kier molecular flexibility index (Phi) is 4.91. The molecule has 20 heavy (non-hydrogen) atoms. The van der Waals surface area contributed by atoms with Crippen molar-refractivity contribution in [3.05, 3.63) is 29.3 Å². The van der Waals surface area contributed by atoms with Crippen LogP contribution in [0.15, 0.2) is 12.1 Å². The molecule has 1 rings (SSSR count). The van der Waals surface area contributed by atoms with E-state index < -0.39 is 42.4 Å². The first-order valence-corrected chi connectivity index (χ1v) is 5.64. The van der Waals surface area contributed by atoms with Crippen LogP contribution >= 0.6 is 0 Å². The van der Waals surface area contributed by atoms with Gasteiger partial charge in [0.25, 0.3) is 5.91 Å². The van der Waals surface area contributed by atoms with E-state index in [1.54, 1.807) is 0 Å². The predicted octanol–water partition coefficient (Wildman–Crippen LogP) is 3.03. The van der Waals surface area contributed by atoms with Crippen LogP contribution in [-0.2, 0) is 0 Å². The van der Waals surface area contributed by atoms with Crippen LogP contribution < -0.4 is 5.32 Å². The molecule has 0 aliphatic carbocycles. The van der Waals surface area contributed by atoms with Crippen LogP contribution in [0.25, 0.3) is 0 Å². The second-order valence-electron chi connectivity index (χ2n) is 4.16. The average molecular weight is 296 g/mol. The molecular formula is C12H13F5N2O. The van der Waals surface area contributed by atoms with Crippen molar-refractivity contribution < 1.29 is 26.7 Å². The zero-order valence-corrected chi connectivity index (χ0v) is 10.8. The summed E-state index contributed by atoms with van der Waals surface area (Å²) in [5.74, 6) is -2.85. The van der Waals surface area contributed by atoms with Gasteiger partial charge in [-0.1, -0.05) is 0 Å². The molecule has 1 aromatic rings. The normalized spacial score (nSPS) is 11.3. The Labute approximate surface area is 112 Å². The number of halogens is 5. The molecule has 0 radical (unpaired) electrons. The van der Waals surface area contributed by atoms with Crippen LogP contribution in [-0.4, -0.2) is 37.6 Å². The zero-order chi connectivity index (χ0) is 15.5. The lowest BCUT2D eigenvalue weighted by Gasteiger charge is -2.18. The zero-order valence-electron chi connectivity index (χ0n) is 10.8. The number of carbonyl (C=O) groups is 1. The number of benzene rings is 1. The maximum atomic E-state index is 13.5. The molecule has 0 saturated carbocycles. The molecule has 1 aromatic carbocycles. The van der Waals surface area contributed by atoms with Crippen molar-refractivity contribution in [1.29, 1.82) is 0 Å². The van der Waals surface area contributed by atoms with Gasteiger partial charge in [0.05, 0.1) is 6.42 Å². The average Bonchev–Trinajstić information content (AvgIpc) is 2.33. The second-order valence-corrected chi connectivity index (χ2v) is 4.16. The van der Waals surface area contributed by atoms with Crippen LogP contribution in [0.3, 0.4) is 0 Å². The van der Waals surface area contributed by atoms with Gasteiger partial charge in [-0.3, -0.25) is 4.79 Å². The molecule has 0 heterocycles. The van der Waals surface area contributed by atoms with Crippen LogP contribution in [0.2, 0.25) is 0 Å². The minimum Gasteiger partial charge on any atom is -0.383 e. The van der Waals surface area contributed by atoms with E-state index in [2.05, 4.69) is 5.32 Å². The SMILES string of the molecule is CNc1c(F)cc(C(=O)N(C)CCC(F)(F)F)cc1F. The molecule has 0 aliphatic heterocycles. The van der Waals surface area contributed by atoms with Crippen molar-refractivity contribution in [1.82, 2.24) is 4.90 Å². The highest BCUT2D eigenvalue weighted by atomic mass is 19.4. The number of anilines is 1. The van der Waals surface area contributed by atoms with Gasteiger partial charge in [-0.25, -0.2) is 8.78 Å². The Balaban J connectivity index is 2.87. The third-order valence-electron chi connectivity index (χ3n) is 2.62. The van der Waals surface area contributed by atoms with Crippen LogP contribution in [0, 0.1) is 11.6 Å². The molecule has 0 saturated heterocycles. The largest absolute Gasteiger partial charge is 0.390 e. The topological polar surface area (TPSA) is 32.3 Å². The second kappa shape index (κ2) is 6.06. The predicted molar refractivity (Wildman–Crippen MR) is 63.5 cm³/mol. The molecule has 0 aromatic heterocycles. The lowest BCUT2D eigenvalue weighted by atomic mass is 10.1. The Hall–Kier alpha value is -1.86. The third-order valence-corrected chi connectivity index (χ3v) is 2.62. The van der Waals surface area contributed by atoms with Crippen molar-refractivity contribution in [2.75, 3.05) is 26.0 Å². The van der Waals surface area contributed by atoms with Gasteiger partial charge in [0.2, 0.25) is 0 Å². The molecule has 0 bridgehead atoms. The lowest BCUT2D eigenvalue weighted by Crippen LogP contribution is -2.30. The summed E-state index contributed by atoms with van der Waals surface area (Å²) in [6, 6.07) is 1.56. The molecule has 3 nitrogen and oxygen atoms in total. The molecule has 1 amide bonds. The van der Waals surface area contributed by atoms with Gasteiger partial charge >= 0.3 is 6.18 Å². The summed E-state index contributed by atoms with van der Waals surface area (Å²) < 4.78 is 63.0. The summed E-state index contributed by atoms with van der Waals surface area (Å²) in [5.41, 5.74) is -0.747. The van der Waals surface area contributed by atoms with Crippen LogP contribution in [0.1, 0.15) is 16.8 Å². The number of nitrogens with zero attached hydrogens (tertiary/aromatic N) is 1. The summed E-state index contributed by atoms with van der Waals surface area (Å²) >= 11 is 0. The van der Waals surface area contributed by atoms with E-state index in [-0.39, 0.29) is 5.56 Å². The molecule has 0 atom stereocenters. The number of nitrogens with one attached hydrogen (secondary N) is 1. The Bertz CT molecular complexity index is 478. The van der Waals surface area contributed by atoms with Gasteiger partial charge in [-0.05, 0) is 12.1 Å². The van der Waals surface area contributed by atoms with E-state index in [9.17, 15) is 26.7 Å². The third kappa shape index (κ3) is 4.07. The molecule has 0 fully saturated rings.